The second-order valence-electron chi connectivity index (χ2n) is 8.72. The highest BCUT2D eigenvalue weighted by molar-refractivity contribution is 5.94. The van der Waals surface area contributed by atoms with Gasteiger partial charge in [0, 0.05) is 32.0 Å². The summed E-state index contributed by atoms with van der Waals surface area (Å²) in [7, 11) is 0. The number of anilines is 2. The quantitative estimate of drug-likeness (QED) is 0.532. The number of hydrogen-bond acceptors (Lipinski definition) is 4. The number of para-hydroxylation sites is 1. The second kappa shape index (κ2) is 11.0. The number of aryl methyl sites for hydroxylation is 1. The van der Waals surface area contributed by atoms with Gasteiger partial charge in [0.2, 0.25) is 11.8 Å². The summed E-state index contributed by atoms with van der Waals surface area (Å²) in [6.07, 6.45) is 2.76. The number of carbonyl (C=O) groups excluding carboxylic acids is 2. The zero-order valence-corrected chi connectivity index (χ0v) is 20.0. The lowest BCUT2D eigenvalue weighted by atomic mass is 9.95. The highest BCUT2D eigenvalue weighted by Gasteiger charge is 2.29. The summed E-state index contributed by atoms with van der Waals surface area (Å²) in [5.41, 5.74) is 3.70. The van der Waals surface area contributed by atoms with Crippen molar-refractivity contribution in [3.63, 3.8) is 0 Å². The zero-order valence-electron chi connectivity index (χ0n) is 20.0. The van der Waals surface area contributed by atoms with Gasteiger partial charge >= 0.3 is 0 Å². The lowest BCUT2D eigenvalue weighted by Gasteiger charge is -2.33. The van der Waals surface area contributed by atoms with E-state index in [1.165, 1.54) is 5.56 Å². The monoisotopic (exact) mass is 459 g/mol. The molecule has 0 unspecified atom stereocenters. The predicted molar refractivity (Wildman–Crippen MR) is 135 cm³/mol. The van der Waals surface area contributed by atoms with Crippen LogP contribution in [0.3, 0.4) is 0 Å². The topological polar surface area (TPSA) is 79.3 Å². The van der Waals surface area contributed by atoms with E-state index in [1.807, 2.05) is 67.1 Å². The van der Waals surface area contributed by atoms with E-state index in [1.54, 1.807) is 0 Å². The lowest BCUT2D eigenvalue weighted by Crippen LogP contribution is -2.42. The van der Waals surface area contributed by atoms with Crippen molar-refractivity contribution in [3.8, 4) is 5.69 Å². The van der Waals surface area contributed by atoms with Crippen LogP contribution in [0.15, 0.2) is 60.7 Å². The number of rotatable bonds is 8. The van der Waals surface area contributed by atoms with Crippen molar-refractivity contribution in [1.29, 1.82) is 0 Å². The molecule has 2 N–H and O–H groups in total. The smallest absolute Gasteiger partial charge is 0.224 e. The minimum atomic E-state index is -0.0374. The molecule has 1 saturated heterocycles. The number of hydrogen-bond donors (Lipinski definition) is 2. The molecule has 1 aromatic heterocycles. The first-order valence-electron chi connectivity index (χ1n) is 12.1. The van der Waals surface area contributed by atoms with E-state index >= 15 is 0 Å². The van der Waals surface area contributed by atoms with E-state index in [0.717, 1.165) is 55.2 Å². The minimum absolute atomic E-state index is 0.00472. The van der Waals surface area contributed by atoms with Crippen LogP contribution in [-0.4, -0.2) is 41.2 Å². The van der Waals surface area contributed by atoms with E-state index in [4.69, 9.17) is 5.10 Å². The molecule has 178 valence electrons. The van der Waals surface area contributed by atoms with E-state index < -0.39 is 0 Å². The van der Waals surface area contributed by atoms with Crippen LogP contribution in [0.5, 0.6) is 0 Å². The van der Waals surface area contributed by atoms with E-state index in [9.17, 15) is 9.59 Å². The molecule has 1 aliphatic heterocycles. The van der Waals surface area contributed by atoms with Crippen LogP contribution < -0.4 is 15.5 Å². The van der Waals surface area contributed by atoms with Gasteiger partial charge in [-0.15, -0.1) is 0 Å². The third-order valence-corrected chi connectivity index (χ3v) is 6.34. The molecule has 2 amide bonds. The molecule has 2 heterocycles. The molecule has 0 bridgehead atoms. The number of aromatic nitrogens is 2. The van der Waals surface area contributed by atoms with Crippen LogP contribution in [0.4, 0.5) is 11.5 Å². The molecule has 4 rings (SSSR count). The first-order valence-corrected chi connectivity index (χ1v) is 12.1. The third-order valence-electron chi connectivity index (χ3n) is 6.34. The van der Waals surface area contributed by atoms with Crippen LogP contribution in [0.25, 0.3) is 5.69 Å². The molecule has 0 atom stereocenters. The molecule has 2 aromatic carbocycles. The molecule has 3 aromatic rings. The molecule has 0 radical (unpaired) electrons. The van der Waals surface area contributed by atoms with Crippen molar-refractivity contribution in [3.05, 3.63) is 71.9 Å². The van der Waals surface area contributed by atoms with Crippen LogP contribution in [-0.2, 0) is 16.0 Å². The Morgan fingerprint density at radius 1 is 1.00 bits per heavy atom. The van der Waals surface area contributed by atoms with Crippen LogP contribution in [0.2, 0.25) is 0 Å². The van der Waals surface area contributed by atoms with Gasteiger partial charge in [-0.3, -0.25) is 9.59 Å². The van der Waals surface area contributed by atoms with Crippen molar-refractivity contribution in [2.24, 2.45) is 5.92 Å². The van der Waals surface area contributed by atoms with E-state index in [2.05, 4.69) is 27.7 Å². The van der Waals surface area contributed by atoms with Gasteiger partial charge in [0.1, 0.15) is 5.69 Å². The van der Waals surface area contributed by atoms with Crippen molar-refractivity contribution in [2.45, 2.75) is 39.5 Å². The maximum Gasteiger partial charge on any atom is 0.224 e. The molecule has 1 aliphatic rings. The van der Waals surface area contributed by atoms with Gasteiger partial charge in [-0.2, -0.15) is 5.10 Å². The molecule has 0 saturated carbocycles. The van der Waals surface area contributed by atoms with Gasteiger partial charge in [-0.05, 0) is 43.9 Å². The number of nitrogens with zero attached hydrogens (tertiary/aromatic N) is 3. The third kappa shape index (κ3) is 5.47. The summed E-state index contributed by atoms with van der Waals surface area (Å²) >= 11 is 0. The highest BCUT2D eigenvalue weighted by Crippen LogP contribution is 2.35. The molecule has 1 fully saturated rings. The average Bonchev–Trinajstić information content (AvgIpc) is 3.20. The first kappa shape index (κ1) is 23.5. The van der Waals surface area contributed by atoms with Gasteiger partial charge in [0.25, 0.3) is 0 Å². The maximum atomic E-state index is 12.8. The summed E-state index contributed by atoms with van der Waals surface area (Å²) in [6.45, 7) is 5.86. The SMILES string of the molecule is CCC(=O)Nc1c(C)nn(-c2ccccc2)c1N1CCC(C(=O)NCCc2ccccc2)CC1. The van der Waals surface area contributed by atoms with E-state index in [0.29, 0.717) is 13.0 Å². The summed E-state index contributed by atoms with van der Waals surface area (Å²) in [6, 6.07) is 20.1. The molecule has 34 heavy (non-hydrogen) atoms. The Morgan fingerprint density at radius 3 is 2.29 bits per heavy atom. The predicted octanol–water partition coefficient (Wildman–Crippen LogP) is 4.10. The van der Waals surface area contributed by atoms with Crippen LogP contribution in [0.1, 0.15) is 37.4 Å². The number of piperidine rings is 1. The Morgan fingerprint density at radius 2 is 1.65 bits per heavy atom. The molecule has 7 heteroatoms. The maximum absolute atomic E-state index is 12.8. The van der Waals surface area contributed by atoms with Crippen molar-refractivity contribution >= 4 is 23.3 Å². The normalized spacial score (nSPS) is 14.1. The Labute approximate surface area is 201 Å². The van der Waals surface area contributed by atoms with Gasteiger partial charge in [-0.25, -0.2) is 4.68 Å². The zero-order chi connectivity index (χ0) is 23.9. The fourth-order valence-corrected chi connectivity index (χ4v) is 4.40. The Hall–Kier alpha value is -3.61. The standard InChI is InChI=1S/C27H33N5O2/c1-3-24(33)29-25-20(2)30-32(23-12-8-5-9-13-23)27(25)31-18-15-22(16-19-31)26(34)28-17-14-21-10-6-4-7-11-21/h4-13,22H,3,14-19H2,1-2H3,(H,28,34)(H,29,33). The van der Waals surface area contributed by atoms with Crippen molar-refractivity contribution in [1.82, 2.24) is 15.1 Å². The van der Waals surface area contributed by atoms with Crippen molar-refractivity contribution < 1.29 is 9.59 Å². The largest absolute Gasteiger partial charge is 0.356 e. The highest BCUT2D eigenvalue weighted by atomic mass is 16.2. The van der Waals surface area contributed by atoms with E-state index in [-0.39, 0.29) is 17.7 Å². The molecule has 7 nitrogen and oxygen atoms in total. The first-order chi connectivity index (χ1) is 16.6. The van der Waals surface area contributed by atoms with Gasteiger partial charge in [0.05, 0.1) is 11.4 Å². The van der Waals surface area contributed by atoms with Gasteiger partial charge in [0.15, 0.2) is 5.82 Å². The fourth-order valence-electron chi connectivity index (χ4n) is 4.40. The molecular weight excluding hydrogens is 426 g/mol. The lowest BCUT2D eigenvalue weighted by molar-refractivity contribution is -0.125. The van der Waals surface area contributed by atoms with Crippen LogP contribution >= 0.6 is 0 Å². The minimum Gasteiger partial charge on any atom is -0.356 e. The number of carbonyl (C=O) groups is 2. The van der Waals surface area contributed by atoms with Crippen LogP contribution in [0, 0.1) is 12.8 Å². The molecule has 0 aliphatic carbocycles. The fraction of sp³-hybridized carbons (Fsp3) is 0.370. The number of nitrogens with one attached hydrogen (secondary N) is 2. The number of amides is 2. The molecular formula is C27H33N5O2. The van der Waals surface area contributed by atoms with Crippen molar-refractivity contribution in [2.75, 3.05) is 29.9 Å². The summed E-state index contributed by atoms with van der Waals surface area (Å²) in [5.74, 6) is 0.968. The summed E-state index contributed by atoms with van der Waals surface area (Å²) in [5, 5.41) is 10.9. The van der Waals surface area contributed by atoms with Gasteiger partial charge < -0.3 is 15.5 Å². The van der Waals surface area contributed by atoms with Gasteiger partial charge in [-0.1, -0.05) is 55.5 Å². The molecule has 0 spiro atoms. The summed E-state index contributed by atoms with van der Waals surface area (Å²) < 4.78 is 1.90. The number of benzene rings is 2. The summed E-state index contributed by atoms with van der Waals surface area (Å²) in [4.78, 5) is 27.3. The average molecular weight is 460 g/mol. The Balaban J connectivity index is 1.44. The Kier molecular flexibility index (Phi) is 7.62. The second-order valence-corrected chi connectivity index (χ2v) is 8.72. The Bertz CT molecular complexity index is 1100.